The predicted octanol–water partition coefficient (Wildman–Crippen LogP) is 4.70. The van der Waals surface area contributed by atoms with Crippen molar-refractivity contribution in [2.24, 2.45) is 5.92 Å². The van der Waals surface area contributed by atoms with Crippen molar-refractivity contribution in [2.45, 2.75) is 52.2 Å². The number of nitro benzene ring substituents is 1. The van der Waals surface area contributed by atoms with Gasteiger partial charge in [-0.15, -0.1) is 0 Å². The standard InChI is InChI=1S/C18H26ClN3O4/c1-5-21(17(23)26-18(2,3)4)11-12-9-13(10-12)20-15-8-6-7-14(19)16(15)22(24)25/h6-8,12-13,20H,5,9-11H2,1-4H3. The maximum atomic E-state index is 12.2. The molecule has 2 rings (SSSR count). The number of carbonyl (C=O) groups excluding carboxylic acids is 1. The number of nitro groups is 1. The zero-order valence-corrected chi connectivity index (χ0v) is 16.4. The maximum Gasteiger partial charge on any atom is 0.410 e. The van der Waals surface area contributed by atoms with Gasteiger partial charge in [0.05, 0.1) is 4.92 Å². The van der Waals surface area contributed by atoms with Gasteiger partial charge in [0.1, 0.15) is 16.3 Å². The summed E-state index contributed by atoms with van der Waals surface area (Å²) in [5.74, 6) is 0.346. The van der Waals surface area contributed by atoms with Crippen molar-refractivity contribution in [1.82, 2.24) is 4.90 Å². The van der Waals surface area contributed by atoms with E-state index in [2.05, 4.69) is 5.32 Å². The van der Waals surface area contributed by atoms with Crippen molar-refractivity contribution in [2.75, 3.05) is 18.4 Å². The quantitative estimate of drug-likeness (QED) is 0.568. The molecule has 1 aliphatic rings. The van der Waals surface area contributed by atoms with Crippen molar-refractivity contribution in [3.05, 3.63) is 33.3 Å². The Bertz CT molecular complexity index is 669. The molecule has 1 fully saturated rings. The normalized spacial score (nSPS) is 19.4. The number of benzene rings is 1. The lowest BCUT2D eigenvalue weighted by molar-refractivity contribution is -0.383. The average molecular weight is 384 g/mol. The van der Waals surface area contributed by atoms with Gasteiger partial charge in [0.25, 0.3) is 0 Å². The molecule has 0 bridgehead atoms. The van der Waals surface area contributed by atoms with Crippen LogP contribution in [0.15, 0.2) is 18.2 Å². The van der Waals surface area contributed by atoms with Crippen molar-refractivity contribution in [3.63, 3.8) is 0 Å². The summed E-state index contributed by atoms with van der Waals surface area (Å²) in [5.41, 5.74) is -0.174. The highest BCUT2D eigenvalue weighted by Crippen LogP contribution is 2.37. The van der Waals surface area contributed by atoms with Gasteiger partial charge in [-0.2, -0.15) is 0 Å². The smallest absolute Gasteiger partial charge is 0.410 e. The molecule has 0 radical (unpaired) electrons. The summed E-state index contributed by atoms with van der Waals surface area (Å²) in [5, 5.41) is 14.5. The van der Waals surface area contributed by atoms with Crippen LogP contribution < -0.4 is 5.32 Å². The summed E-state index contributed by atoms with van der Waals surface area (Å²) in [6.45, 7) is 8.68. The Morgan fingerprint density at radius 3 is 2.62 bits per heavy atom. The number of nitrogens with zero attached hydrogens (tertiary/aromatic N) is 2. The lowest BCUT2D eigenvalue weighted by Crippen LogP contribution is -2.45. The molecule has 0 atom stereocenters. The third-order valence-electron chi connectivity index (χ3n) is 4.28. The number of ether oxygens (including phenoxy) is 1. The third kappa shape index (κ3) is 5.24. The second kappa shape index (κ2) is 8.12. The molecule has 1 aliphatic carbocycles. The Kier molecular flexibility index (Phi) is 6.34. The number of hydrogen-bond donors (Lipinski definition) is 1. The first kappa shape index (κ1) is 20.3. The Hall–Kier alpha value is -2.02. The van der Waals surface area contributed by atoms with E-state index in [1.165, 1.54) is 6.07 Å². The van der Waals surface area contributed by atoms with Crippen LogP contribution in [0.1, 0.15) is 40.5 Å². The minimum absolute atomic E-state index is 0.0958. The average Bonchev–Trinajstić information content (AvgIpc) is 2.47. The number of anilines is 1. The van der Waals surface area contributed by atoms with Gasteiger partial charge < -0.3 is 15.0 Å². The predicted molar refractivity (Wildman–Crippen MR) is 102 cm³/mol. The molecule has 0 heterocycles. The Morgan fingerprint density at radius 2 is 2.08 bits per heavy atom. The number of rotatable bonds is 6. The van der Waals surface area contributed by atoms with Crippen LogP contribution in [0.3, 0.4) is 0 Å². The minimum atomic E-state index is -0.514. The van der Waals surface area contributed by atoms with E-state index in [0.29, 0.717) is 24.7 Å². The van der Waals surface area contributed by atoms with Crippen LogP contribution in [-0.4, -0.2) is 40.6 Å². The van der Waals surface area contributed by atoms with Crippen LogP contribution >= 0.6 is 11.6 Å². The Labute approximate surface area is 158 Å². The second-order valence-electron chi connectivity index (χ2n) is 7.59. The molecule has 1 saturated carbocycles. The van der Waals surface area contributed by atoms with E-state index in [1.54, 1.807) is 17.0 Å². The van der Waals surface area contributed by atoms with Crippen LogP contribution in [-0.2, 0) is 4.74 Å². The van der Waals surface area contributed by atoms with Crippen LogP contribution in [0.25, 0.3) is 0 Å². The summed E-state index contributed by atoms with van der Waals surface area (Å²) in [6, 6.07) is 4.99. The van der Waals surface area contributed by atoms with Gasteiger partial charge in [0, 0.05) is 19.1 Å². The Balaban J connectivity index is 1.88. The summed E-state index contributed by atoms with van der Waals surface area (Å²) in [6.07, 6.45) is 1.37. The molecule has 26 heavy (non-hydrogen) atoms. The highest BCUT2D eigenvalue weighted by molar-refractivity contribution is 6.33. The van der Waals surface area contributed by atoms with Crippen LogP contribution in [0.4, 0.5) is 16.2 Å². The van der Waals surface area contributed by atoms with Gasteiger partial charge in [0.2, 0.25) is 0 Å². The summed E-state index contributed by atoms with van der Waals surface area (Å²) < 4.78 is 5.42. The van der Waals surface area contributed by atoms with E-state index in [1.807, 2.05) is 27.7 Å². The number of carbonyl (C=O) groups is 1. The van der Waals surface area contributed by atoms with Crippen LogP contribution in [0.5, 0.6) is 0 Å². The van der Waals surface area contributed by atoms with Gasteiger partial charge >= 0.3 is 11.8 Å². The van der Waals surface area contributed by atoms with Gasteiger partial charge in [-0.3, -0.25) is 10.1 Å². The van der Waals surface area contributed by atoms with Crippen molar-refractivity contribution < 1.29 is 14.5 Å². The maximum absolute atomic E-state index is 12.2. The number of hydrogen-bond acceptors (Lipinski definition) is 5. The monoisotopic (exact) mass is 383 g/mol. The van der Waals surface area contributed by atoms with Gasteiger partial charge in [-0.05, 0) is 58.6 Å². The fraction of sp³-hybridized carbons (Fsp3) is 0.611. The summed E-state index contributed by atoms with van der Waals surface area (Å²) >= 11 is 5.93. The number of halogens is 1. The fourth-order valence-electron chi connectivity index (χ4n) is 3.01. The van der Waals surface area contributed by atoms with Crippen LogP contribution in [0, 0.1) is 16.0 Å². The largest absolute Gasteiger partial charge is 0.444 e. The van der Waals surface area contributed by atoms with Gasteiger partial charge in [0.15, 0.2) is 0 Å². The first-order chi connectivity index (χ1) is 12.1. The second-order valence-corrected chi connectivity index (χ2v) is 8.00. The van der Waals surface area contributed by atoms with Crippen molar-refractivity contribution >= 4 is 29.1 Å². The van der Waals surface area contributed by atoms with E-state index in [9.17, 15) is 14.9 Å². The number of para-hydroxylation sites is 1. The van der Waals surface area contributed by atoms with Crippen molar-refractivity contribution in [1.29, 1.82) is 0 Å². The highest BCUT2D eigenvalue weighted by atomic mass is 35.5. The topological polar surface area (TPSA) is 84.7 Å². The Morgan fingerprint density at radius 1 is 1.42 bits per heavy atom. The summed E-state index contributed by atoms with van der Waals surface area (Å²) in [7, 11) is 0. The molecule has 1 aromatic rings. The molecule has 1 aromatic carbocycles. The fourth-order valence-corrected chi connectivity index (χ4v) is 3.25. The molecule has 0 aromatic heterocycles. The number of nitrogens with one attached hydrogen (secondary N) is 1. The molecule has 1 amide bonds. The molecular formula is C18H26ClN3O4. The molecule has 0 aliphatic heterocycles. The van der Waals surface area contributed by atoms with Gasteiger partial charge in [-0.25, -0.2) is 4.79 Å². The molecule has 8 heteroatoms. The van der Waals surface area contributed by atoms with E-state index >= 15 is 0 Å². The minimum Gasteiger partial charge on any atom is -0.444 e. The van der Waals surface area contributed by atoms with E-state index in [4.69, 9.17) is 16.3 Å². The van der Waals surface area contributed by atoms with E-state index in [-0.39, 0.29) is 22.8 Å². The summed E-state index contributed by atoms with van der Waals surface area (Å²) in [4.78, 5) is 24.6. The first-order valence-electron chi connectivity index (χ1n) is 8.78. The SMILES string of the molecule is CCN(CC1CC(Nc2cccc(Cl)c2[N+](=O)[O-])C1)C(=O)OC(C)(C)C. The molecule has 7 nitrogen and oxygen atoms in total. The molecule has 0 spiro atoms. The lowest BCUT2D eigenvalue weighted by Gasteiger charge is -2.39. The zero-order valence-electron chi connectivity index (χ0n) is 15.6. The lowest BCUT2D eigenvalue weighted by atomic mass is 9.79. The van der Waals surface area contributed by atoms with Crippen LogP contribution in [0.2, 0.25) is 5.02 Å². The molecule has 0 saturated heterocycles. The third-order valence-corrected chi connectivity index (χ3v) is 4.58. The highest BCUT2D eigenvalue weighted by Gasteiger charge is 2.34. The molecular weight excluding hydrogens is 358 g/mol. The molecule has 0 unspecified atom stereocenters. The molecule has 1 N–H and O–H groups in total. The van der Waals surface area contributed by atoms with Crippen molar-refractivity contribution in [3.8, 4) is 0 Å². The number of amides is 1. The van der Waals surface area contributed by atoms with E-state index < -0.39 is 10.5 Å². The zero-order chi connectivity index (χ0) is 19.5. The van der Waals surface area contributed by atoms with Gasteiger partial charge in [-0.1, -0.05) is 17.7 Å². The van der Waals surface area contributed by atoms with E-state index in [0.717, 1.165) is 12.8 Å². The molecule has 144 valence electrons. The first-order valence-corrected chi connectivity index (χ1v) is 9.16.